The zero-order valence-corrected chi connectivity index (χ0v) is 13.2. The Morgan fingerprint density at radius 3 is 2.29 bits per heavy atom. The molecule has 1 saturated heterocycles. The molecule has 2 rings (SSSR count). The Hall–Kier alpha value is -1.04. The van der Waals surface area contributed by atoms with Crippen molar-refractivity contribution in [3.05, 3.63) is 47.5 Å². The lowest BCUT2D eigenvalue weighted by atomic mass is 9.75. The molecule has 0 amide bonds. The summed E-state index contributed by atoms with van der Waals surface area (Å²) in [4.78, 5) is 0. The monoisotopic (exact) mass is 366 g/mol. The highest BCUT2D eigenvalue weighted by atomic mass is 79.9. The Kier molecular flexibility index (Phi) is 3.89. The highest BCUT2D eigenvalue weighted by molar-refractivity contribution is 9.08. The molecular weight excluding hydrogens is 352 g/mol. The van der Waals surface area contributed by atoms with Gasteiger partial charge in [-0.1, -0.05) is 42.4 Å². The normalized spacial score (nSPS) is 22.1. The Morgan fingerprint density at radius 1 is 1.29 bits per heavy atom. The van der Waals surface area contributed by atoms with Crippen LogP contribution < -0.4 is 0 Å². The van der Waals surface area contributed by atoms with Crippen molar-refractivity contribution in [1.82, 2.24) is 0 Å². The average molecular weight is 367 g/mol. The fraction of sp³-hybridized carbons (Fsp3) is 0.467. The minimum absolute atomic E-state index is 0.259. The van der Waals surface area contributed by atoms with Gasteiger partial charge in [0.05, 0.1) is 0 Å². The Bertz CT molecular complexity index is 580. The average Bonchev–Trinajstić information content (AvgIpc) is 2.99. The van der Waals surface area contributed by atoms with E-state index in [0.717, 1.165) is 0 Å². The molecule has 1 atom stereocenters. The van der Waals surface area contributed by atoms with Crippen molar-refractivity contribution in [2.24, 2.45) is 0 Å². The fourth-order valence-corrected chi connectivity index (χ4v) is 3.15. The fourth-order valence-electron chi connectivity index (χ4n) is 2.69. The van der Waals surface area contributed by atoms with Crippen molar-refractivity contribution < 1.29 is 22.3 Å². The van der Waals surface area contributed by atoms with Crippen LogP contribution in [0.25, 0.3) is 0 Å². The Labute approximate surface area is 129 Å². The minimum atomic E-state index is -4.50. The van der Waals surface area contributed by atoms with E-state index in [2.05, 4.69) is 22.5 Å². The highest BCUT2D eigenvalue weighted by Gasteiger charge is 2.72. The number of hydrogen-bond donors (Lipinski definition) is 0. The molecule has 1 heterocycles. The molecule has 0 aliphatic carbocycles. The van der Waals surface area contributed by atoms with Crippen LogP contribution in [0.15, 0.2) is 30.5 Å². The molecule has 1 aliphatic rings. The Morgan fingerprint density at radius 2 is 1.86 bits per heavy atom. The lowest BCUT2D eigenvalue weighted by molar-refractivity contribution is -0.188. The predicted octanol–water partition coefficient (Wildman–Crippen LogP) is 5.23. The predicted molar refractivity (Wildman–Crippen MR) is 75.7 cm³/mol. The minimum Gasteiger partial charge on any atom is -0.470 e. The van der Waals surface area contributed by atoms with E-state index in [-0.39, 0.29) is 12.2 Å². The zero-order chi connectivity index (χ0) is 16.1. The molecule has 1 aliphatic heterocycles. The second-order valence-corrected chi connectivity index (χ2v) is 6.41. The van der Waals surface area contributed by atoms with Crippen molar-refractivity contribution in [3.63, 3.8) is 0 Å². The van der Waals surface area contributed by atoms with Gasteiger partial charge in [-0.3, -0.25) is 0 Å². The second-order valence-electron chi connectivity index (χ2n) is 5.85. The van der Waals surface area contributed by atoms with Gasteiger partial charge in [0, 0.05) is 11.8 Å². The molecule has 0 spiro atoms. The number of rotatable bonds is 4. The van der Waals surface area contributed by atoms with Crippen molar-refractivity contribution in [3.8, 4) is 0 Å². The maximum Gasteiger partial charge on any atom is 0.435 e. The van der Waals surface area contributed by atoms with Gasteiger partial charge in [-0.25, -0.2) is 4.39 Å². The molecule has 0 saturated carbocycles. The van der Waals surface area contributed by atoms with Crippen LogP contribution in [0.4, 0.5) is 17.6 Å². The van der Waals surface area contributed by atoms with Crippen LogP contribution in [0.3, 0.4) is 0 Å². The summed E-state index contributed by atoms with van der Waals surface area (Å²) in [5.74, 6) is -0.674. The maximum atomic E-state index is 13.3. The first-order valence-corrected chi connectivity index (χ1v) is 7.46. The maximum absolute atomic E-state index is 13.3. The zero-order valence-electron chi connectivity index (χ0n) is 11.7. The van der Waals surface area contributed by atoms with Crippen molar-refractivity contribution >= 4 is 15.9 Å². The SMILES string of the molecule is C=C1O[C@@]1(CC(C)(C)c1ccc(F)cc1CBr)C(F)(F)F. The van der Waals surface area contributed by atoms with Crippen molar-refractivity contribution in [2.75, 3.05) is 0 Å². The van der Waals surface area contributed by atoms with Gasteiger partial charge in [0.25, 0.3) is 5.60 Å². The topological polar surface area (TPSA) is 12.5 Å². The molecule has 1 aromatic carbocycles. The van der Waals surface area contributed by atoms with E-state index in [9.17, 15) is 17.6 Å². The van der Waals surface area contributed by atoms with Crippen LogP contribution in [0.1, 0.15) is 31.4 Å². The van der Waals surface area contributed by atoms with Gasteiger partial charge in [0.1, 0.15) is 11.6 Å². The summed E-state index contributed by atoms with van der Waals surface area (Å²) in [6, 6.07) is 4.11. The summed E-state index contributed by atoms with van der Waals surface area (Å²) in [6.45, 7) is 6.69. The van der Waals surface area contributed by atoms with Crippen LogP contribution in [0.2, 0.25) is 0 Å². The summed E-state index contributed by atoms with van der Waals surface area (Å²) >= 11 is 3.24. The number of epoxide rings is 1. The molecule has 21 heavy (non-hydrogen) atoms. The molecule has 0 radical (unpaired) electrons. The van der Waals surface area contributed by atoms with Crippen LogP contribution >= 0.6 is 15.9 Å². The summed E-state index contributed by atoms with van der Waals surface area (Å²) in [6.07, 6.45) is -4.79. The van der Waals surface area contributed by atoms with E-state index in [1.54, 1.807) is 13.8 Å². The lowest BCUT2D eigenvalue weighted by Crippen LogP contribution is -2.38. The lowest BCUT2D eigenvalue weighted by Gasteiger charge is -2.30. The molecule has 1 aromatic rings. The number of benzene rings is 1. The van der Waals surface area contributed by atoms with E-state index >= 15 is 0 Å². The van der Waals surface area contributed by atoms with Gasteiger partial charge in [0.2, 0.25) is 0 Å². The number of halogens is 5. The second kappa shape index (κ2) is 5.00. The smallest absolute Gasteiger partial charge is 0.435 e. The van der Waals surface area contributed by atoms with Gasteiger partial charge in [-0.05, 0) is 28.7 Å². The van der Waals surface area contributed by atoms with Crippen molar-refractivity contribution in [1.29, 1.82) is 0 Å². The summed E-state index contributed by atoms with van der Waals surface area (Å²) in [7, 11) is 0. The molecule has 0 N–H and O–H groups in total. The molecule has 1 nitrogen and oxygen atoms in total. The third-order valence-electron chi connectivity index (χ3n) is 3.80. The van der Waals surface area contributed by atoms with Gasteiger partial charge in [-0.2, -0.15) is 13.2 Å². The molecular formula is C15H15BrF4O. The van der Waals surface area contributed by atoms with Crippen LogP contribution in [0, 0.1) is 5.82 Å². The number of alkyl halides is 4. The molecule has 0 aromatic heterocycles. The molecule has 6 heteroatoms. The van der Waals surface area contributed by atoms with Crippen LogP contribution in [0.5, 0.6) is 0 Å². The van der Waals surface area contributed by atoms with Gasteiger partial charge in [-0.15, -0.1) is 0 Å². The van der Waals surface area contributed by atoms with E-state index in [1.807, 2.05) is 0 Å². The summed E-state index contributed by atoms with van der Waals surface area (Å²) in [5, 5.41) is 0.365. The van der Waals surface area contributed by atoms with Gasteiger partial charge < -0.3 is 4.74 Å². The number of hydrogen-bond acceptors (Lipinski definition) is 1. The van der Waals surface area contributed by atoms with Crippen LogP contribution in [-0.4, -0.2) is 11.8 Å². The number of ether oxygens (including phenoxy) is 1. The summed E-state index contributed by atoms with van der Waals surface area (Å²) < 4.78 is 57.6. The standard InChI is InChI=1S/C15H15BrF4O/c1-9-14(21-9,15(18,19)20)8-13(2,3)12-5-4-11(17)6-10(12)7-16/h4-6H,1,7-8H2,2-3H3/t14-/m1/s1. The highest BCUT2D eigenvalue weighted by Crippen LogP contribution is 2.57. The van der Waals surface area contributed by atoms with E-state index < -0.39 is 23.0 Å². The summed E-state index contributed by atoms with van der Waals surface area (Å²) in [5.41, 5.74) is -1.84. The third kappa shape index (κ3) is 2.82. The van der Waals surface area contributed by atoms with E-state index in [4.69, 9.17) is 4.74 Å². The first-order valence-electron chi connectivity index (χ1n) is 6.33. The van der Waals surface area contributed by atoms with Crippen molar-refractivity contribution in [2.45, 2.75) is 42.8 Å². The molecule has 116 valence electrons. The first kappa shape index (κ1) is 16.3. The van der Waals surface area contributed by atoms with Gasteiger partial charge in [0.15, 0.2) is 0 Å². The van der Waals surface area contributed by atoms with Gasteiger partial charge >= 0.3 is 6.18 Å². The molecule has 0 bridgehead atoms. The van der Waals surface area contributed by atoms with E-state index in [1.165, 1.54) is 18.2 Å². The third-order valence-corrected chi connectivity index (χ3v) is 4.40. The largest absolute Gasteiger partial charge is 0.470 e. The quantitative estimate of drug-likeness (QED) is 0.403. The first-order chi connectivity index (χ1) is 9.53. The van der Waals surface area contributed by atoms with E-state index in [0.29, 0.717) is 16.5 Å². The Balaban J connectivity index is 2.37. The molecule has 1 fully saturated rings. The van der Waals surface area contributed by atoms with Crippen LogP contribution in [-0.2, 0) is 15.5 Å². The molecule has 0 unspecified atom stereocenters.